The van der Waals surface area contributed by atoms with Gasteiger partial charge in [-0.2, -0.15) is 0 Å². The molecule has 1 aromatic rings. The SMILES string of the molecule is CCOC(C)CNCC(O)c1cccs1. The van der Waals surface area contributed by atoms with Gasteiger partial charge < -0.3 is 15.2 Å². The van der Waals surface area contributed by atoms with Crippen molar-refractivity contribution in [3.05, 3.63) is 22.4 Å². The highest BCUT2D eigenvalue weighted by atomic mass is 32.1. The van der Waals surface area contributed by atoms with Gasteiger partial charge in [0.15, 0.2) is 0 Å². The molecule has 0 spiro atoms. The highest BCUT2D eigenvalue weighted by Gasteiger charge is 2.08. The minimum atomic E-state index is -0.404. The fourth-order valence-corrected chi connectivity index (χ4v) is 2.06. The van der Waals surface area contributed by atoms with Crippen molar-refractivity contribution in [1.29, 1.82) is 0 Å². The van der Waals surface area contributed by atoms with Crippen molar-refractivity contribution in [2.45, 2.75) is 26.1 Å². The molecule has 1 rings (SSSR count). The lowest BCUT2D eigenvalue weighted by molar-refractivity contribution is 0.0725. The molecule has 0 aliphatic carbocycles. The van der Waals surface area contributed by atoms with Crippen LogP contribution in [0.2, 0.25) is 0 Å². The Morgan fingerprint density at radius 2 is 2.33 bits per heavy atom. The van der Waals surface area contributed by atoms with Crippen molar-refractivity contribution < 1.29 is 9.84 Å². The van der Waals surface area contributed by atoms with Gasteiger partial charge in [0.25, 0.3) is 0 Å². The van der Waals surface area contributed by atoms with E-state index in [9.17, 15) is 5.11 Å². The number of rotatable bonds is 7. The van der Waals surface area contributed by atoms with E-state index in [4.69, 9.17) is 4.74 Å². The molecular weight excluding hydrogens is 210 g/mol. The molecule has 2 N–H and O–H groups in total. The van der Waals surface area contributed by atoms with Gasteiger partial charge in [-0.1, -0.05) is 6.07 Å². The van der Waals surface area contributed by atoms with Crippen LogP contribution in [0.1, 0.15) is 24.8 Å². The van der Waals surface area contributed by atoms with Gasteiger partial charge in [0.05, 0.1) is 6.10 Å². The van der Waals surface area contributed by atoms with Crippen molar-refractivity contribution in [2.75, 3.05) is 19.7 Å². The highest BCUT2D eigenvalue weighted by molar-refractivity contribution is 7.10. The Kier molecular flexibility index (Phi) is 5.86. The van der Waals surface area contributed by atoms with Crippen LogP contribution in [0, 0.1) is 0 Å². The second kappa shape index (κ2) is 6.95. The summed E-state index contributed by atoms with van der Waals surface area (Å²) in [5.41, 5.74) is 0. The molecule has 0 aliphatic rings. The van der Waals surface area contributed by atoms with E-state index in [0.717, 1.165) is 18.0 Å². The lowest BCUT2D eigenvalue weighted by Gasteiger charge is -2.14. The van der Waals surface area contributed by atoms with E-state index in [1.165, 1.54) is 0 Å². The van der Waals surface area contributed by atoms with Crippen LogP contribution in [-0.2, 0) is 4.74 Å². The Labute approximate surface area is 95.1 Å². The Bertz CT molecular complexity index is 251. The standard InChI is InChI=1S/C11H19NO2S/c1-3-14-9(2)7-12-8-10(13)11-5-4-6-15-11/h4-6,9-10,12-13H,3,7-8H2,1-2H3. The Balaban J connectivity index is 2.15. The molecule has 0 amide bonds. The zero-order chi connectivity index (χ0) is 11.1. The number of ether oxygens (including phenoxy) is 1. The zero-order valence-electron chi connectivity index (χ0n) is 9.27. The van der Waals surface area contributed by atoms with E-state index < -0.39 is 6.10 Å². The van der Waals surface area contributed by atoms with Gasteiger partial charge in [-0.05, 0) is 25.3 Å². The van der Waals surface area contributed by atoms with Crippen LogP contribution in [0.3, 0.4) is 0 Å². The molecule has 86 valence electrons. The minimum Gasteiger partial charge on any atom is -0.386 e. The first-order valence-corrected chi connectivity index (χ1v) is 6.15. The third-order valence-electron chi connectivity index (χ3n) is 2.09. The van der Waals surface area contributed by atoms with Gasteiger partial charge in [-0.3, -0.25) is 0 Å². The van der Waals surface area contributed by atoms with E-state index in [1.54, 1.807) is 11.3 Å². The van der Waals surface area contributed by atoms with Gasteiger partial charge in [-0.25, -0.2) is 0 Å². The summed E-state index contributed by atoms with van der Waals surface area (Å²) in [6.07, 6.45) is -0.204. The molecule has 2 unspecified atom stereocenters. The largest absolute Gasteiger partial charge is 0.386 e. The van der Waals surface area contributed by atoms with Crippen molar-refractivity contribution in [2.24, 2.45) is 0 Å². The minimum absolute atomic E-state index is 0.200. The molecule has 0 saturated carbocycles. The first-order valence-electron chi connectivity index (χ1n) is 5.27. The average Bonchev–Trinajstić information content (AvgIpc) is 2.70. The number of aliphatic hydroxyl groups excluding tert-OH is 1. The van der Waals surface area contributed by atoms with Crippen LogP contribution >= 0.6 is 11.3 Å². The van der Waals surface area contributed by atoms with E-state index in [1.807, 2.05) is 31.4 Å². The fourth-order valence-electron chi connectivity index (χ4n) is 1.35. The quantitative estimate of drug-likeness (QED) is 0.749. The number of aliphatic hydroxyl groups is 1. The van der Waals surface area contributed by atoms with Crippen molar-refractivity contribution in [3.8, 4) is 0 Å². The van der Waals surface area contributed by atoms with E-state index in [-0.39, 0.29) is 6.10 Å². The van der Waals surface area contributed by atoms with Crippen molar-refractivity contribution >= 4 is 11.3 Å². The second-order valence-electron chi connectivity index (χ2n) is 3.46. The second-order valence-corrected chi connectivity index (χ2v) is 4.43. The summed E-state index contributed by atoms with van der Waals surface area (Å²) in [7, 11) is 0. The Morgan fingerprint density at radius 3 is 2.93 bits per heavy atom. The number of nitrogens with one attached hydrogen (secondary N) is 1. The van der Waals surface area contributed by atoms with Gasteiger partial charge in [0.1, 0.15) is 6.10 Å². The molecule has 1 heterocycles. The van der Waals surface area contributed by atoms with Crippen molar-refractivity contribution in [1.82, 2.24) is 5.32 Å². The summed E-state index contributed by atoms with van der Waals surface area (Å²) in [5.74, 6) is 0. The van der Waals surface area contributed by atoms with Crippen molar-refractivity contribution in [3.63, 3.8) is 0 Å². The maximum atomic E-state index is 9.76. The third-order valence-corrected chi connectivity index (χ3v) is 3.07. The summed E-state index contributed by atoms with van der Waals surface area (Å²) in [6.45, 7) is 6.09. The molecule has 4 heteroatoms. The normalized spacial score (nSPS) is 15.1. The van der Waals surface area contributed by atoms with Gasteiger partial charge in [-0.15, -0.1) is 11.3 Å². The van der Waals surface area contributed by atoms with E-state index >= 15 is 0 Å². The molecule has 1 aromatic heterocycles. The predicted octanol–water partition coefficient (Wildman–Crippen LogP) is 1.80. The monoisotopic (exact) mass is 229 g/mol. The summed E-state index contributed by atoms with van der Waals surface area (Å²) < 4.78 is 5.37. The van der Waals surface area contributed by atoms with Crippen LogP contribution < -0.4 is 5.32 Å². The third kappa shape index (κ3) is 4.75. The maximum Gasteiger partial charge on any atom is 0.101 e. The molecule has 0 aromatic carbocycles. The zero-order valence-corrected chi connectivity index (χ0v) is 10.1. The number of hydrogen-bond donors (Lipinski definition) is 2. The topological polar surface area (TPSA) is 41.5 Å². The van der Waals surface area contributed by atoms with Crippen LogP contribution in [-0.4, -0.2) is 30.9 Å². The van der Waals surface area contributed by atoms with Crippen LogP contribution in [0.15, 0.2) is 17.5 Å². The number of thiophene rings is 1. The van der Waals surface area contributed by atoms with Crippen LogP contribution in [0.25, 0.3) is 0 Å². The fraction of sp³-hybridized carbons (Fsp3) is 0.636. The first kappa shape index (κ1) is 12.6. The maximum absolute atomic E-state index is 9.76. The van der Waals surface area contributed by atoms with Crippen LogP contribution in [0.4, 0.5) is 0 Å². The lowest BCUT2D eigenvalue weighted by Crippen LogP contribution is -2.30. The smallest absolute Gasteiger partial charge is 0.101 e. The predicted molar refractivity (Wildman–Crippen MR) is 63.2 cm³/mol. The number of hydrogen-bond acceptors (Lipinski definition) is 4. The van der Waals surface area contributed by atoms with E-state index in [2.05, 4.69) is 5.32 Å². The van der Waals surface area contributed by atoms with Gasteiger partial charge in [0.2, 0.25) is 0 Å². The molecule has 3 nitrogen and oxygen atoms in total. The van der Waals surface area contributed by atoms with Gasteiger partial charge in [0, 0.05) is 24.6 Å². The first-order chi connectivity index (χ1) is 7.24. The summed E-state index contributed by atoms with van der Waals surface area (Å²) in [5, 5.41) is 14.9. The van der Waals surface area contributed by atoms with E-state index in [0.29, 0.717) is 6.54 Å². The summed E-state index contributed by atoms with van der Waals surface area (Å²) in [6, 6.07) is 3.90. The molecule has 2 atom stereocenters. The highest BCUT2D eigenvalue weighted by Crippen LogP contribution is 2.17. The van der Waals surface area contributed by atoms with Crippen LogP contribution in [0.5, 0.6) is 0 Å². The molecule has 0 aliphatic heterocycles. The lowest BCUT2D eigenvalue weighted by atomic mass is 10.3. The molecule has 0 fully saturated rings. The molecule has 0 saturated heterocycles. The molecule has 15 heavy (non-hydrogen) atoms. The average molecular weight is 229 g/mol. The summed E-state index contributed by atoms with van der Waals surface area (Å²) in [4.78, 5) is 1.01. The molecule has 0 bridgehead atoms. The summed E-state index contributed by atoms with van der Waals surface area (Å²) >= 11 is 1.58. The molecule has 0 radical (unpaired) electrons. The molecular formula is C11H19NO2S. The Morgan fingerprint density at radius 1 is 1.53 bits per heavy atom. The van der Waals surface area contributed by atoms with Gasteiger partial charge >= 0.3 is 0 Å². The Hall–Kier alpha value is -0.420.